The molecule has 1 heterocycles. The molecule has 0 aromatic carbocycles. The molecule has 27 heavy (non-hydrogen) atoms. The zero-order chi connectivity index (χ0) is 20.6. The van der Waals surface area contributed by atoms with Gasteiger partial charge >= 0.3 is 5.97 Å². The summed E-state index contributed by atoms with van der Waals surface area (Å²) in [7, 11) is 0. The third kappa shape index (κ3) is 7.02. The number of carbonyl (C=O) groups excluding carboxylic acids is 3. The van der Waals surface area contributed by atoms with Crippen molar-refractivity contribution in [3.05, 3.63) is 0 Å². The number of thioether (sulfide) groups is 1. The van der Waals surface area contributed by atoms with Crippen molar-refractivity contribution in [1.29, 1.82) is 0 Å². The minimum atomic E-state index is -1.16. The summed E-state index contributed by atoms with van der Waals surface area (Å²) in [5, 5.41) is 13.6. The number of amides is 3. The smallest absolute Gasteiger partial charge is 0.322 e. The number of aliphatic carboxylic acids is 1. The first-order valence-corrected chi connectivity index (χ1v) is 10.4. The molecule has 3 unspecified atom stereocenters. The number of nitrogens with two attached hydrogens (primary N) is 1. The summed E-state index contributed by atoms with van der Waals surface area (Å²) in [6.07, 6.45) is 3.67. The van der Waals surface area contributed by atoms with Gasteiger partial charge in [0.1, 0.15) is 18.6 Å². The molecule has 0 radical (unpaired) electrons. The standard InChI is InChI=1S/C17H30N4O5S/c1-10(2)14(16(25)19-9-13(22)23)20-15(24)12-5-4-7-21(12)17(26)11(18)6-8-27-3/h10-12,14H,4-9,18H2,1-3H3,(H,19,25)(H,20,24)(H,22,23). The molecule has 0 aromatic rings. The van der Waals surface area contributed by atoms with Gasteiger partial charge in [0, 0.05) is 6.54 Å². The summed E-state index contributed by atoms with van der Waals surface area (Å²) < 4.78 is 0. The van der Waals surface area contributed by atoms with Gasteiger partial charge in [-0.15, -0.1) is 0 Å². The monoisotopic (exact) mass is 402 g/mol. The molecule has 1 saturated heterocycles. The van der Waals surface area contributed by atoms with Crippen molar-refractivity contribution in [3.8, 4) is 0 Å². The Balaban J connectivity index is 2.75. The van der Waals surface area contributed by atoms with Crippen molar-refractivity contribution < 1.29 is 24.3 Å². The molecule has 0 spiro atoms. The van der Waals surface area contributed by atoms with Crippen molar-refractivity contribution in [1.82, 2.24) is 15.5 Å². The molecule has 3 amide bonds. The summed E-state index contributed by atoms with van der Waals surface area (Å²) in [5.74, 6) is -1.87. The fourth-order valence-electron chi connectivity index (χ4n) is 2.94. The van der Waals surface area contributed by atoms with Gasteiger partial charge in [-0.25, -0.2) is 0 Å². The van der Waals surface area contributed by atoms with Gasteiger partial charge in [0.15, 0.2) is 0 Å². The fraction of sp³-hybridized carbons (Fsp3) is 0.765. The Morgan fingerprint density at radius 2 is 1.96 bits per heavy atom. The lowest BCUT2D eigenvalue weighted by Gasteiger charge is -2.29. The van der Waals surface area contributed by atoms with Crippen molar-refractivity contribution in [2.45, 2.75) is 51.2 Å². The molecule has 5 N–H and O–H groups in total. The van der Waals surface area contributed by atoms with Gasteiger partial charge in [-0.2, -0.15) is 11.8 Å². The Morgan fingerprint density at radius 3 is 2.52 bits per heavy atom. The maximum absolute atomic E-state index is 12.7. The Hall–Kier alpha value is -1.81. The largest absolute Gasteiger partial charge is 0.480 e. The fourth-order valence-corrected chi connectivity index (χ4v) is 3.43. The highest BCUT2D eigenvalue weighted by Crippen LogP contribution is 2.20. The van der Waals surface area contributed by atoms with E-state index in [-0.39, 0.29) is 11.8 Å². The Morgan fingerprint density at radius 1 is 1.30 bits per heavy atom. The van der Waals surface area contributed by atoms with Crippen LogP contribution in [0.4, 0.5) is 0 Å². The van der Waals surface area contributed by atoms with Gasteiger partial charge in [0.05, 0.1) is 6.04 Å². The van der Waals surface area contributed by atoms with E-state index >= 15 is 0 Å². The van der Waals surface area contributed by atoms with E-state index in [9.17, 15) is 19.2 Å². The highest BCUT2D eigenvalue weighted by molar-refractivity contribution is 7.98. The van der Waals surface area contributed by atoms with Crippen LogP contribution in [0.1, 0.15) is 33.1 Å². The van der Waals surface area contributed by atoms with Crippen molar-refractivity contribution in [2.24, 2.45) is 11.7 Å². The Labute approximate surface area is 163 Å². The number of carbonyl (C=O) groups is 4. The summed E-state index contributed by atoms with van der Waals surface area (Å²) in [6, 6.07) is -2.18. The Kier molecular flexibility index (Phi) is 9.57. The SMILES string of the molecule is CSCCC(N)C(=O)N1CCCC1C(=O)NC(C(=O)NCC(=O)O)C(C)C. The quantitative estimate of drug-likeness (QED) is 0.382. The lowest BCUT2D eigenvalue weighted by molar-refractivity contribution is -0.141. The number of hydrogen-bond donors (Lipinski definition) is 4. The number of likely N-dealkylation sites (tertiary alicyclic amines) is 1. The van der Waals surface area contributed by atoms with Crippen molar-refractivity contribution in [3.63, 3.8) is 0 Å². The normalized spacial score (nSPS) is 18.9. The van der Waals surface area contributed by atoms with Gasteiger partial charge in [0.25, 0.3) is 0 Å². The van der Waals surface area contributed by atoms with E-state index in [1.165, 1.54) is 4.90 Å². The topological polar surface area (TPSA) is 142 Å². The Bertz CT molecular complexity index is 557. The lowest BCUT2D eigenvalue weighted by atomic mass is 10.0. The van der Waals surface area contributed by atoms with Crippen LogP contribution in [0.25, 0.3) is 0 Å². The van der Waals surface area contributed by atoms with Gasteiger partial charge in [-0.3, -0.25) is 19.2 Å². The van der Waals surface area contributed by atoms with E-state index in [4.69, 9.17) is 10.8 Å². The molecule has 0 aromatic heterocycles. The average molecular weight is 403 g/mol. The average Bonchev–Trinajstić information content (AvgIpc) is 3.10. The molecule has 0 aliphatic carbocycles. The van der Waals surface area contributed by atoms with Crippen LogP contribution < -0.4 is 16.4 Å². The van der Waals surface area contributed by atoms with Gasteiger partial charge in [-0.1, -0.05) is 13.8 Å². The molecule has 9 nitrogen and oxygen atoms in total. The summed E-state index contributed by atoms with van der Waals surface area (Å²) in [4.78, 5) is 49.6. The number of hydrogen-bond acceptors (Lipinski definition) is 6. The summed E-state index contributed by atoms with van der Waals surface area (Å²) in [6.45, 7) is 3.44. The number of rotatable bonds is 10. The lowest BCUT2D eigenvalue weighted by Crippen LogP contribution is -2.56. The van der Waals surface area contributed by atoms with Crippen LogP contribution in [-0.2, 0) is 19.2 Å². The molecule has 1 fully saturated rings. The van der Waals surface area contributed by atoms with Gasteiger partial charge < -0.3 is 26.4 Å². The highest BCUT2D eigenvalue weighted by Gasteiger charge is 2.37. The molecule has 154 valence electrons. The zero-order valence-corrected chi connectivity index (χ0v) is 16.9. The number of nitrogens with one attached hydrogen (secondary N) is 2. The third-order valence-electron chi connectivity index (χ3n) is 4.45. The first-order valence-electron chi connectivity index (χ1n) is 9.03. The molecular formula is C17H30N4O5S. The second kappa shape index (κ2) is 11.1. The van der Waals surface area contributed by atoms with Crippen LogP contribution in [0, 0.1) is 5.92 Å². The second-order valence-electron chi connectivity index (χ2n) is 6.92. The van der Waals surface area contributed by atoms with Crippen LogP contribution in [-0.4, -0.2) is 76.9 Å². The van der Waals surface area contributed by atoms with E-state index in [0.29, 0.717) is 25.8 Å². The molecule has 1 aliphatic heterocycles. The molecule has 3 atom stereocenters. The molecule has 1 aliphatic rings. The minimum Gasteiger partial charge on any atom is -0.480 e. The third-order valence-corrected chi connectivity index (χ3v) is 5.09. The first kappa shape index (κ1) is 23.2. The van der Waals surface area contributed by atoms with E-state index < -0.39 is 42.5 Å². The van der Waals surface area contributed by atoms with E-state index in [2.05, 4.69) is 10.6 Å². The molecule has 0 saturated carbocycles. The van der Waals surface area contributed by atoms with Crippen LogP contribution in [0.15, 0.2) is 0 Å². The second-order valence-corrected chi connectivity index (χ2v) is 7.91. The minimum absolute atomic E-state index is 0.239. The summed E-state index contributed by atoms with van der Waals surface area (Å²) >= 11 is 1.60. The maximum Gasteiger partial charge on any atom is 0.322 e. The highest BCUT2D eigenvalue weighted by atomic mass is 32.2. The van der Waals surface area contributed by atoms with Gasteiger partial charge in [0.2, 0.25) is 17.7 Å². The maximum atomic E-state index is 12.7. The van der Waals surface area contributed by atoms with E-state index in [1.54, 1.807) is 25.6 Å². The number of carboxylic acids is 1. The predicted octanol–water partition coefficient (Wildman–Crippen LogP) is -0.601. The van der Waals surface area contributed by atoms with Gasteiger partial charge in [-0.05, 0) is 37.2 Å². The zero-order valence-electron chi connectivity index (χ0n) is 16.1. The molecule has 0 bridgehead atoms. The van der Waals surface area contributed by atoms with Crippen LogP contribution >= 0.6 is 11.8 Å². The molecule has 10 heteroatoms. The number of nitrogens with zero attached hydrogens (tertiary/aromatic N) is 1. The molecular weight excluding hydrogens is 372 g/mol. The van der Waals surface area contributed by atoms with Crippen LogP contribution in [0.3, 0.4) is 0 Å². The van der Waals surface area contributed by atoms with Crippen LogP contribution in [0.5, 0.6) is 0 Å². The summed E-state index contributed by atoms with van der Waals surface area (Å²) in [5.41, 5.74) is 5.96. The molecule has 1 rings (SSSR count). The van der Waals surface area contributed by atoms with E-state index in [0.717, 1.165) is 5.75 Å². The predicted molar refractivity (Wildman–Crippen MR) is 103 cm³/mol. The van der Waals surface area contributed by atoms with Crippen molar-refractivity contribution in [2.75, 3.05) is 25.1 Å². The first-order chi connectivity index (χ1) is 12.7. The van der Waals surface area contributed by atoms with Crippen LogP contribution in [0.2, 0.25) is 0 Å². The number of carboxylic acid groups (broad SMARTS) is 1. The van der Waals surface area contributed by atoms with E-state index in [1.807, 2.05) is 6.26 Å². The van der Waals surface area contributed by atoms with Crippen molar-refractivity contribution >= 4 is 35.5 Å².